The summed E-state index contributed by atoms with van der Waals surface area (Å²) in [4.78, 5) is 16.7. The second-order valence-corrected chi connectivity index (χ2v) is 11.5. The van der Waals surface area contributed by atoms with Gasteiger partial charge < -0.3 is 73.5 Å². The van der Waals surface area contributed by atoms with Crippen molar-refractivity contribution in [3.05, 3.63) is 11.8 Å². The first-order chi connectivity index (χ1) is 19.8. The summed E-state index contributed by atoms with van der Waals surface area (Å²) in [6.07, 6.45) is -4.68. The number of ether oxygens (including phenoxy) is 3. The average Bonchev–Trinajstić information content (AvgIpc) is 2.91. The van der Waals surface area contributed by atoms with Gasteiger partial charge in [0.15, 0.2) is 12.2 Å². The molecule has 16 nitrogen and oxygen atoms in total. The number of aliphatic hydroxyl groups excluding tert-OH is 3. The molecule has 1 saturated carbocycles. The fraction of sp³-hybridized carbons (Fsp3) is 0.846. The summed E-state index contributed by atoms with van der Waals surface area (Å²) in [5, 5.41) is 52.7. The van der Waals surface area contributed by atoms with Crippen molar-refractivity contribution in [1.29, 1.82) is 0 Å². The SMILES string of the molecule is CCNCC1=CCC(N)C(C2C(N)CC(NC(=O)C(O)CCN=C(N)N)C(OC3OCC(C)(O)C(NC)C3O)C2O)O1. The maximum Gasteiger partial charge on any atom is 0.249 e. The predicted molar refractivity (Wildman–Crippen MR) is 154 cm³/mol. The van der Waals surface area contributed by atoms with E-state index in [0.29, 0.717) is 18.7 Å². The van der Waals surface area contributed by atoms with E-state index in [0.717, 1.165) is 6.54 Å². The van der Waals surface area contributed by atoms with Crippen molar-refractivity contribution < 1.29 is 39.4 Å². The van der Waals surface area contributed by atoms with Crippen LogP contribution in [0.3, 0.4) is 0 Å². The maximum atomic E-state index is 12.9. The van der Waals surface area contributed by atoms with Gasteiger partial charge in [-0.15, -0.1) is 0 Å². The van der Waals surface area contributed by atoms with Gasteiger partial charge in [-0.3, -0.25) is 9.79 Å². The summed E-state index contributed by atoms with van der Waals surface area (Å²) in [5.74, 6) is -0.927. The van der Waals surface area contributed by atoms with Crippen LogP contribution in [0.4, 0.5) is 0 Å². The molecule has 3 aliphatic rings. The van der Waals surface area contributed by atoms with Crippen molar-refractivity contribution in [1.82, 2.24) is 16.0 Å². The largest absolute Gasteiger partial charge is 0.492 e. The van der Waals surface area contributed by atoms with Gasteiger partial charge in [-0.25, -0.2) is 0 Å². The molecule has 15 N–H and O–H groups in total. The third-order valence-electron chi connectivity index (χ3n) is 8.16. The monoisotopic (exact) mass is 602 g/mol. The van der Waals surface area contributed by atoms with Crippen LogP contribution in [0.1, 0.15) is 33.1 Å². The van der Waals surface area contributed by atoms with E-state index in [2.05, 4.69) is 20.9 Å². The van der Waals surface area contributed by atoms with E-state index in [1.165, 1.54) is 6.92 Å². The first-order valence-corrected chi connectivity index (χ1v) is 14.4. The minimum atomic E-state index is -1.45. The molecule has 2 heterocycles. The van der Waals surface area contributed by atoms with Gasteiger partial charge in [0.2, 0.25) is 5.91 Å². The Morgan fingerprint density at radius 2 is 1.98 bits per heavy atom. The van der Waals surface area contributed by atoms with Crippen LogP contribution >= 0.6 is 0 Å². The molecule has 42 heavy (non-hydrogen) atoms. The smallest absolute Gasteiger partial charge is 0.249 e. The summed E-state index contributed by atoms with van der Waals surface area (Å²) in [5.41, 5.74) is 22.3. The van der Waals surface area contributed by atoms with Crippen LogP contribution in [0.5, 0.6) is 0 Å². The number of amides is 1. The normalized spacial score (nSPS) is 39.5. The van der Waals surface area contributed by atoms with E-state index >= 15 is 0 Å². The van der Waals surface area contributed by atoms with Crippen LogP contribution < -0.4 is 38.9 Å². The quantitative estimate of drug-likeness (QED) is 0.0739. The highest BCUT2D eigenvalue weighted by molar-refractivity contribution is 5.81. The van der Waals surface area contributed by atoms with Crippen LogP contribution in [0.15, 0.2) is 16.8 Å². The molecule has 2 aliphatic heterocycles. The van der Waals surface area contributed by atoms with Gasteiger partial charge in [-0.2, -0.15) is 0 Å². The minimum Gasteiger partial charge on any atom is -0.492 e. The standard InChI is InChI=1S/C26H50N8O8/c1-4-32-10-12-5-6-13(27)20(41-12)17-14(28)9-15(34-23(38)16(35)7-8-33-25(29)30)21(18(17)36)42-24-19(37)22(31-3)26(2,39)11-40-24/h5,13-22,24,31-32,35-37,39H,4,6-11,27-28H2,1-3H3,(H,34,38)(H4,29,30,33). The van der Waals surface area contributed by atoms with Crippen LogP contribution in [-0.4, -0.2) is 132 Å². The van der Waals surface area contributed by atoms with Gasteiger partial charge in [-0.05, 0) is 39.4 Å². The molecule has 0 spiro atoms. The van der Waals surface area contributed by atoms with Crippen LogP contribution in [0.25, 0.3) is 0 Å². The van der Waals surface area contributed by atoms with Gasteiger partial charge in [0.05, 0.1) is 31.3 Å². The molecule has 12 atom stereocenters. The van der Waals surface area contributed by atoms with Crippen molar-refractivity contribution in [2.75, 3.05) is 33.3 Å². The fourth-order valence-corrected chi connectivity index (χ4v) is 5.93. The number of nitrogens with two attached hydrogens (primary N) is 4. The first-order valence-electron chi connectivity index (χ1n) is 14.4. The first kappa shape index (κ1) is 34.4. The highest BCUT2D eigenvalue weighted by atomic mass is 16.7. The van der Waals surface area contributed by atoms with E-state index in [1.807, 2.05) is 13.0 Å². The van der Waals surface area contributed by atoms with Gasteiger partial charge >= 0.3 is 0 Å². The Bertz CT molecular complexity index is 951. The fourth-order valence-electron chi connectivity index (χ4n) is 5.93. The second-order valence-electron chi connectivity index (χ2n) is 11.5. The molecule has 3 rings (SSSR count). The molecular weight excluding hydrogens is 552 g/mol. The molecule has 242 valence electrons. The minimum absolute atomic E-state index is 0.0266. The van der Waals surface area contributed by atoms with Crippen molar-refractivity contribution in [3.8, 4) is 0 Å². The van der Waals surface area contributed by atoms with E-state index in [4.69, 9.17) is 37.1 Å². The van der Waals surface area contributed by atoms with Gasteiger partial charge in [-0.1, -0.05) is 6.92 Å². The number of nitrogens with zero attached hydrogens (tertiary/aromatic N) is 1. The Morgan fingerprint density at radius 1 is 1.26 bits per heavy atom. The van der Waals surface area contributed by atoms with Gasteiger partial charge in [0.1, 0.15) is 35.8 Å². The van der Waals surface area contributed by atoms with Crippen molar-refractivity contribution >= 4 is 11.9 Å². The summed E-state index contributed by atoms with van der Waals surface area (Å²) in [6, 6.07) is -2.85. The molecule has 12 unspecified atom stereocenters. The van der Waals surface area contributed by atoms with Crippen LogP contribution in [0.2, 0.25) is 0 Å². The summed E-state index contributed by atoms with van der Waals surface area (Å²) in [7, 11) is 1.59. The molecule has 1 saturated heterocycles. The van der Waals surface area contributed by atoms with E-state index < -0.39 is 78.4 Å². The summed E-state index contributed by atoms with van der Waals surface area (Å²) in [6.45, 7) is 4.58. The van der Waals surface area contributed by atoms with Crippen molar-refractivity contribution in [3.63, 3.8) is 0 Å². The second kappa shape index (κ2) is 15.1. The van der Waals surface area contributed by atoms with E-state index in [1.54, 1.807) is 7.05 Å². The average molecular weight is 603 g/mol. The highest BCUT2D eigenvalue weighted by Crippen LogP contribution is 2.36. The molecule has 0 radical (unpaired) electrons. The van der Waals surface area contributed by atoms with Gasteiger partial charge in [0, 0.05) is 31.0 Å². The number of hydrogen-bond acceptors (Lipinski definition) is 13. The zero-order valence-corrected chi connectivity index (χ0v) is 24.6. The molecular formula is C26H50N8O8. The topological polar surface area (TPSA) is 278 Å². The third-order valence-corrected chi connectivity index (χ3v) is 8.16. The molecule has 0 aromatic rings. The Morgan fingerprint density at radius 3 is 2.62 bits per heavy atom. The number of aliphatic hydroxyl groups is 4. The number of likely N-dealkylation sites (N-methyl/N-ethyl adjacent to an activating group) is 2. The summed E-state index contributed by atoms with van der Waals surface area (Å²) >= 11 is 0. The Labute approximate surface area is 246 Å². The van der Waals surface area contributed by atoms with Crippen LogP contribution in [-0.2, 0) is 19.0 Å². The maximum absolute atomic E-state index is 12.9. The third kappa shape index (κ3) is 8.28. The molecule has 0 bridgehead atoms. The number of nitrogens with one attached hydrogen (secondary N) is 3. The Hall–Kier alpha value is -2.12. The van der Waals surface area contributed by atoms with Crippen molar-refractivity contribution in [2.24, 2.45) is 33.8 Å². The lowest BCUT2D eigenvalue weighted by Gasteiger charge is -2.50. The molecule has 0 aromatic heterocycles. The lowest BCUT2D eigenvalue weighted by molar-refractivity contribution is -0.297. The number of hydrogen-bond donors (Lipinski definition) is 11. The zero-order chi connectivity index (χ0) is 31.2. The molecule has 2 fully saturated rings. The Balaban J connectivity index is 1.84. The molecule has 16 heteroatoms. The Kier molecular flexibility index (Phi) is 12.3. The number of aliphatic imine (C=N–C) groups is 1. The number of carbonyl (C=O) groups excluding carboxylic acids is 1. The molecule has 1 amide bonds. The lowest BCUT2D eigenvalue weighted by Crippen LogP contribution is -2.69. The highest BCUT2D eigenvalue weighted by Gasteiger charge is 2.53. The zero-order valence-electron chi connectivity index (χ0n) is 24.6. The summed E-state index contributed by atoms with van der Waals surface area (Å²) < 4.78 is 18.1. The van der Waals surface area contributed by atoms with Gasteiger partial charge in [0.25, 0.3) is 0 Å². The van der Waals surface area contributed by atoms with E-state index in [-0.39, 0.29) is 32.0 Å². The number of carbonyl (C=O) groups is 1. The molecule has 0 aromatic carbocycles. The molecule has 1 aliphatic carbocycles. The van der Waals surface area contributed by atoms with Crippen molar-refractivity contribution in [2.45, 2.75) is 99.7 Å². The predicted octanol–water partition coefficient (Wildman–Crippen LogP) is -4.75. The number of rotatable bonds is 12. The lowest BCUT2D eigenvalue weighted by atomic mass is 9.72. The van der Waals surface area contributed by atoms with Crippen LogP contribution in [0, 0.1) is 5.92 Å². The van der Waals surface area contributed by atoms with E-state index in [9.17, 15) is 25.2 Å². The number of guanidine groups is 1.